The van der Waals surface area contributed by atoms with Crippen LogP contribution in [0.1, 0.15) is 4.88 Å². The summed E-state index contributed by atoms with van der Waals surface area (Å²) in [5, 5.41) is 0.182. The fourth-order valence-electron chi connectivity index (χ4n) is 2.20. The molecule has 24 heavy (non-hydrogen) atoms. The zero-order valence-corrected chi connectivity index (χ0v) is 15.2. The van der Waals surface area contributed by atoms with Gasteiger partial charge in [-0.05, 0) is 17.7 Å². The second kappa shape index (κ2) is 7.21. The molecule has 0 bridgehead atoms. The number of ether oxygens (including phenoxy) is 1. The van der Waals surface area contributed by atoms with Crippen molar-refractivity contribution in [2.24, 2.45) is 0 Å². The lowest BCUT2D eigenvalue weighted by atomic mass is 10.3. The van der Waals surface area contributed by atoms with Crippen molar-refractivity contribution in [1.29, 1.82) is 0 Å². The molecule has 1 aliphatic rings. The number of anilines is 1. The monoisotopic (exact) mass is 387 g/mol. The van der Waals surface area contributed by atoms with Gasteiger partial charge in [0.05, 0.1) is 34.6 Å². The van der Waals surface area contributed by atoms with Gasteiger partial charge in [-0.2, -0.15) is 13.4 Å². The van der Waals surface area contributed by atoms with Crippen LogP contribution in [0, 0.1) is 11.8 Å². The van der Waals surface area contributed by atoms with E-state index in [9.17, 15) is 8.42 Å². The summed E-state index contributed by atoms with van der Waals surface area (Å²) < 4.78 is 32.7. The lowest BCUT2D eigenvalue weighted by molar-refractivity contribution is 0.122. The van der Waals surface area contributed by atoms with Crippen molar-refractivity contribution in [3.05, 3.63) is 16.2 Å². The summed E-state index contributed by atoms with van der Waals surface area (Å²) in [4.78, 5) is 11.4. The number of thiophene rings is 1. The van der Waals surface area contributed by atoms with E-state index in [-0.39, 0.29) is 11.9 Å². The summed E-state index contributed by atoms with van der Waals surface area (Å²) in [5.74, 6) is 6.33. The van der Waals surface area contributed by atoms with E-state index in [0.29, 0.717) is 13.2 Å². The SMILES string of the molecule is CS(=O)(=O)OCC#Cc1cc2nc(Cl)nc(N3CCOCC3)c2s1. The first kappa shape index (κ1) is 17.4. The normalized spacial score (nSPS) is 15.3. The molecule has 3 heterocycles. The van der Waals surface area contributed by atoms with E-state index in [0.717, 1.165) is 40.3 Å². The van der Waals surface area contributed by atoms with Gasteiger partial charge in [0, 0.05) is 13.1 Å². The van der Waals surface area contributed by atoms with Gasteiger partial charge >= 0.3 is 0 Å². The largest absolute Gasteiger partial charge is 0.378 e. The first-order valence-corrected chi connectivity index (χ1v) is 10.1. The highest BCUT2D eigenvalue weighted by molar-refractivity contribution is 7.86. The van der Waals surface area contributed by atoms with E-state index in [1.54, 1.807) is 0 Å². The highest BCUT2D eigenvalue weighted by Crippen LogP contribution is 2.32. The van der Waals surface area contributed by atoms with Crippen molar-refractivity contribution in [3.63, 3.8) is 0 Å². The first-order chi connectivity index (χ1) is 11.4. The van der Waals surface area contributed by atoms with Crippen LogP contribution in [0.3, 0.4) is 0 Å². The maximum atomic E-state index is 10.9. The van der Waals surface area contributed by atoms with Gasteiger partial charge in [0.1, 0.15) is 6.61 Å². The third-order valence-corrected chi connectivity index (χ3v) is 4.94. The van der Waals surface area contributed by atoms with Crippen LogP contribution >= 0.6 is 22.9 Å². The Labute approximate surface area is 148 Å². The van der Waals surface area contributed by atoms with Crippen LogP contribution < -0.4 is 4.90 Å². The number of hydrogen-bond acceptors (Lipinski definition) is 8. The van der Waals surface area contributed by atoms with Crippen LogP contribution in [-0.2, 0) is 19.0 Å². The van der Waals surface area contributed by atoms with Crippen LogP contribution in [0.5, 0.6) is 0 Å². The van der Waals surface area contributed by atoms with E-state index < -0.39 is 10.1 Å². The van der Waals surface area contributed by atoms with Gasteiger partial charge in [-0.1, -0.05) is 11.8 Å². The summed E-state index contributed by atoms with van der Waals surface area (Å²) in [6.07, 6.45) is 0.986. The van der Waals surface area contributed by atoms with E-state index in [4.69, 9.17) is 16.3 Å². The fraction of sp³-hybridized carbons (Fsp3) is 0.429. The molecule has 2 aromatic heterocycles. The van der Waals surface area contributed by atoms with Crippen molar-refractivity contribution < 1.29 is 17.3 Å². The number of aromatic nitrogens is 2. The molecule has 0 spiro atoms. The topological polar surface area (TPSA) is 81.6 Å². The number of nitrogens with zero attached hydrogens (tertiary/aromatic N) is 3. The third-order valence-electron chi connectivity index (χ3n) is 3.19. The van der Waals surface area contributed by atoms with Gasteiger partial charge in [0.25, 0.3) is 10.1 Å². The quantitative estimate of drug-likeness (QED) is 0.448. The minimum atomic E-state index is -3.49. The lowest BCUT2D eigenvalue weighted by Crippen LogP contribution is -2.36. The minimum absolute atomic E-state index is 0.182. The molecule has 0 aromatic carbocycles. The Bertz CT molecular complexity index is 911. The van der Waals surface area contributed by atoms with Crippen molar-refractivity contribution >= 4 is 49.1 Å². The molecule has 0 radical (unpaired) electrons. The van der Waals surface area contributed by atoms with Gasteiger partial charge in [0.15, 0.2) is 5.82 Å². The standard InChI is InChI=1S/C14H14ClN3O4S2/c1-24(19,20)22-6-2-3-10-9-11-12(23-10)13(17-14(15)16-11)18-4-7-21-8-5-18/h9H,4-8H2,1H3. The predicted molar refractivity (Wildman–Crippen MR) is 93.1 cm³/mol. The smallest absolute Gasteiger partial charge is 0.265 e. The molecule has 1 aliphatic heterocycles. The molecule has 0 atom stereocenters. The summed E-state index contributed by atoms with van der Waals surface area (Å²) in [6.45, 7) is 2.58. The molecule has 3 rings (SSSR count). The first-order valence-electron chi connectivity index (χ1n) is 7.05. The van der Waals surface area contributed by atoms with Crippen LogP contribution in [0.15, 0.2) is 6.07 Å². The molecule has 0 amide bonds. The molecule has 0 saturated carbocycles. The molecule has 10 heteroatoms. The van der Waals surface area contributed by atoms with Crippen molar-refractivity contribution in [2.45, 2.75) is 0 Å². The van der Waals surface area contributed by atoms with E-state index >= 15 is 0 Å². The number of morpholine rings is 1. The summed E-state index contributed by atoms with van der Waals surface area (Å²) in [6, 6.07) is 1.81. The second-order valence-electron chi connectivity index (χ2n) is 5.01. The summed E-state index contributed by atoms with van der Waals surface area (Å²) >= 11 is 7.47. The molecule has 1 fully saturated rings. The third kappa shape index (κ3) is 4.34. The van der Waals surface area contributed by atoms with Crippen molar-refractivity contribution in [2.75, 3.05) is 44.1 Å². The van der Waals surface area contributed by atoms with Crippen molar-refractivity contribution in [1.82, 2.24) is 9.97 Å². The minimum Gasteiger partial charge on any atom is -0.378 e. The average molecular weight is 388 g/mol. The number of halogens is 1. The predicted octanol–water partition coefficient (Wildman–Crippen LogP) is 1.51. The van der Waals surface area contributed by atoms with Gasteiger partial charge in [-0.15, -0.1) is 11.3 Å². The van der Waals surface area contributed by atoms with E-state index in [1.165, 1.54) is 11.3 Å². The van der Waals surface area contributed by atoms with Gasteiger partial charge in [-0.3, -0.25) is 4.18 Å². The van der Waals surface area contributed by atoms with Gasteiger partial charge in [0.2, 0.25) is 5.28 Å². The molecule has 7 nitrogen and oxygen atoms in total. The average Bonchev–Trinajstić information content (AvgIpc) is 2.93. The fourth-order valence-corrected chi connectivity index (χ4v) is 3.63. The molecule has 1 saturated heterocycles. The molecule has 0 unspecified atom stereocenters. The van der Waals surface area contributed by atoms with Crippen LogP contribution in [0.25, 0.3) is 10.2 Å². The van der Waals surface area contributed by atoms with Crippen LogP contribution in [0.2, 0.25) is 5.28 Å². The highest BCUT2D eigenvalue weighted by atomic mass is 35.5. The number of fused-ring (bicyclic) bond motifs is 1. The Hall–Kier alpha value is -1.44. The Balaban J connectivity index is 1.88. The lowest BCUT2D eigenvalue weighted by Gasteiger charge is -2.28. The summed E-state index contributed by atoms with van der Waals surface area (Å²) in [5.41, 5.74) is 0.717. The maximum absolute atomic E-state index is 10.9. The zero-order valence-electron chi connectivity index (χ0n) is 12.8. The molecule has 2 aromatic rings. The Morgan fingerprint density at radius 3 is 2.88 bits per heavy atom. The number of rotatable bonds is 3. The van der Waals surface area contributed by atoms with Crippen LogP contribution in [0.4, 0.5) is 5.82 Å². The zero-order chi connectivity index (χ0) is 17.2. The Morgan fingerprint density at radius 1 is 1.42 bits per heavy atom. The molecular weight excluding hydrogens is 374 g/mol. The highest BCUT2D eigenvalue weighted by Gasteiger charge is 2.18. The molecule has 128 valence electrons. The van der Waals surface area contributed by atoms with E-state index in [2.05, 4.69) is 30.9 Å². The van der Waals surface area contributed by atoms with E-state index in [1.807, 2.05) is 6.07 Å². The molecule has 0 N–H and O–H groups in total. The Morgan fingerprint density at radius 2 is 2.17 bits per heavy atom. The van der Waals surface area contributed by atoms with Gasteiger partial charge < -0.3 is 9.64 Å². The number of hydrogen-bond donors (Lipinski definition) is 0. The molecular formula is C14H14ClN3O4S2. The van der Waals surface area contributed by atoms with Crippen molar-refractivity contribution in [3.8, 4) is 11.8 Å². The van der Waals surface area contributed by atoms with Gasteiger partial charge in [-0.25, -0.2) is 4.98 Å². The van der Waals surface area contributed by atoms with Crippen LogP contribution in [-0.4, -0.2) is 57.6 Å². The maximum Gasteiger partial charge on any atom is 0.265 e. The molecule has 0 aliphatic carbocycles. The summed E-state index contributed by atoms with van der Waals surface area (Å²) in [7, 11) is -3.49. The Kier molecular flexibility index (Phi) is 5.22. The second-order valence-corrected chi connectivity index (χ2v) is 8.04.